The summed E-state index contributed by atoms with van der Waals surface area (Å²) < 4.78 is 129. The Kier molecular flexibility index (Phi) is 10.9. The van der Waals surface area contributed by atoms with E-state index in [4.69, 9.17) is 26.2 Å². The van der Waals surface area contributed by atoms with E-state index in [0.717, 1.165) is 0 Å². The minimum atomic E-state index is -6.48. The fourth-order valence-corrected chi connectivity index (χ4v) is 5.53. The van der Waals surface area contributed by atoms with Crippen molar-refractivity contribution in [3.63, 3.8) is 0 Å². The number of halogens is 8. The molecule has 3 fully saturated rings. The van der Waals surface area contributed by atoms with Crippen LogP contribution in [0.4, 0.5) is 35.1 Å². The Morgan fingerprint density at radius 3 is 1.76 bits per heavy atom. The second-order valence-corrected chi connectivity index (χ2v) is 11.5. The number of carbonyl (C=O) groups is 1. The average molecular weight is 608 g/mol. The average Bonchev–Trinajstić information content (AvgIpc) is 2.91. The maximum absolute atomic E-state index is 14.3. The molecule has 0 amide bonds. The van der Waals surface area contributed by atoms with Gasteiger partial charge in [0.2, 0.25) is 0 Å². The molecule has 3 saturated carbocycles. The number of hydrogen-bond acceptors (Lipinski definition) is 7. The van der Waals surface area contributed by atoms with Crippen LogP contribution >= 0.6 is 0 Å². The van der Waals surface area contributed by atoms with Gasteiger partial charge in [0.05, 0.1) is 24.2 Å². The van der Waals surface area contributed by atoms with Crippen LogP contribution in [0.1, 0.15) is 70.6 Å². The monoisotopic (exact) mass is 607 g/mol. The zero-order chi connectivity index (χ0) is 30.6. The quantitative estimate of drug-likeness (QED) is 0.252. The number of nitriles is 1. The molecule has 3 atom stereocenters. The van der Waals surface area contributed by atoms with Gasteiger partial charge in [0.25, 0.3) is 0 Å². The zero-order valence-electron chi connectivity index (χ0n) is 22.5. The van der Waals surface area contributed by atoms with Crippen molar-refractivity contribution in [1.29, 1.82) is 5.26 Å². The highest BCUT2D eigenvalue weighted by Crippen LogP contribution is 2.53. The van der Waals surface area contributed by atoms with Gasteiger partial charge in [-0.15, -0.1) is 0 Å². The van der Waals surface area contributed by atoms with E-state index in [2.05, 4.69) is 10.8 Å². The Hall–Kier alpha value is -1.76. The molecule has 0 bridgehead atoms. The van der Waals surface area contributed by atoms with E-state index in [0.29, 0.717) is 25.7 Å². The molecule has 0 spiro atoms. The van der Waals surface area contributed by atoms with Gasteiger partial charge in [0.15, 0.2) is 0 Å². The van der Waals surface area contributed by atoms with Crippen LogP contribution in [0.2, 0.25) is 0 Å². The summed E-state index contributed by atoms with van der Waals surface area (Å²) in [5.41, 5.74) is 11.4. The summed E-state index contributed by atoms with van der Waals surface area (Å²) in [4.78, 5) is 12.4. The number of esters is 1. The summed E-state index contributed by atoms with van der Waals surface area (Å²) in [7, 11) is 0. The minimum Gasteiger partial charge on any atom is -0.462 e. The van der Waals surface area contributed by atoms with Crippen molar-refractivity contribution in [1.82, 2.24) is 0 Å². The topological polar surface area (TPSA) is 121 Å². The molecule has 3 rings (SSSR count). The third-order valence-electron chi connectivity index (χ3n) is 8.31. The summed E-state index contributed by atoms with van der Waals surface area (Å²) in [5.74, 6) is -25.4. The van der Waals surface area contributed by atoms with Crippen LogP contribution in [0.15, 0.2) is 0 Å². The van der Waals surface area contributed by atoms with Crippen LogP contribution in [0.5, 0.6) is 0 Å². The second kappa shape index (κ2) is 13.3. The van der Waals surface area contributed by atoms with Gasteiger partial charge < -0.3 is 25.7 Å². The lowest BCUT2D eigenvalue weighted by molar-refractivity contribution is -0.379. The number of ether oxygens (including phenoxy) is 3. The first kappa shape index (κ1) is 33.7. The van der Waals surface area contributed by atoms with Gasteiger partial charge in [0, 0.05) is 18.0 Å². The van der Waals surface area contributed by atoms with E-state index < -0.39 is 67.0 Å². The second-order valence-electron chi connectivity index (χ2n) is 11.5. The predicted molar refractivity (Wildman–Crippen MR) is 128 cm³/mol. The van der Waals surface area contributed by atoms with Gasteiger partial charge in [-0.1, -0.05) is 0 Å². The van der Waals surface area contributed by atoms with Gasteiger partial charge in [-0.25, -0.2) is 0 Å². The highest BCUT2D eigenvalue weighted by atomic mass is 19.4. The largest absolute Gasteiger partial charge is 0.462 e. The number of alkyl halides is 8. The maximum Gasteiger partial charge on any atom is 0.380 e. The molecule has 3 aliphatic carbocycles. The molecule has 0 aromatic carbocycles. The number of carbonyl (C=O) groups excluding carboxylic acids is 1. The molecule has 0 heterocycles. The number of nitrogens with two attached hydrogens (primary N) is 2. The summed E-state index contributed by atoms with van der Waals surface area (Å²) in [6.45, 7) is -4.46. The van der Waals surface area contributed by atoms with Gasteiger partial charge in [-0.2, -0.15) is 40.4 Å². The van der Waals surface area contributed by atoms with Crippen LogP contribution in [-0.4, -0.2) is 73.3 Å². The first-order valence-corrected chi connectivity index (χ1v) is 13.9. The number of hydrogen-bond donors (Lipinski definition) is 2. The van der Waals surface area contributed by atoms with Crippen molar-refractivity contribution >= 4 is 5.97 Å². The Morgan fingerprint density at radius 1 is 0.732 bits per heavy atom. The standard InChI is InChI=1S/C26H37F8N3O4/c27-23(28,25(31,32)26(33,34)24(29,30)14-40-21-10-5-17(36)11-20(21)37)13-39-18-8-3-16(4-9-18)22(38)41-19-6-1-15(12-35)2-7-19/h15-21H,1-11,13-14,36-37H2. The molecule has 3 unspecified atom stereocenters. The number of rotatable bonds is 11. The van der Waals surface area contributed by atoms with E-state index in [-0.39, 0.29) is 63.0 Å². The lowest BCUT2D eigenvalue weighted by Crippen LogP contribution is -2.65. The lowest BCUT2D eigenvalue weighted by Gasteiger charge is -2.38. The molecule has 0 aliphatic heterocycles. The molecular formula is C26H37F8N3O4. The van der Waals surface area contributed by atoms with Crippen molar-refractivity contribution in [3.8, 4) is 6.07 Å². The predicted octanol–water partition coefficient (Wildman–Crippen LogP) is 4.95. The van der Waals surface area contributed by atoms with Crippen molar-refractivity contribution in [3.05, 3.63) is 0 Å². The molecule has 3 aliphatic rings. The van der Waals surface area contributed by atoms with Crippen molar-refractivity contribution in [2.75, 3.05) is 13.2 Å². The molecule has 0 aromatic rings. The molecule has 0 aromatic heterocycles. The first-order chi connectivity index (χ1) is 19.0. The van der Waals surface area contributed by atoms with Crippen molar-refractivity contribution in [2.45, 2.75) is 125 Å². The van der Waals surface area contributed by atoms with E-state index in [1.54, 1.807) is 0 Å². The molecule has 41 heavy (non-hydrogen) atoms. The van der Waals surface area contributed by atoms with Crippen molar-refractivity contribution < 1.29 is 54.1 Å². The molecule has 236 valence electrons. The smallest absolute Gasteiger partial charge is 0.380 e. The lowest BCUT2D eigenvalue weighted by atomic mass is 9.86. The normalized spacial score (nSPS) is 32.3. The molecule has 7 nitrogen and oxygen atoms in total. The van der Waals surface area contributed by atoms with Gasteiger partial charge in [-0.05, 0) is 70.6 Å². The molecule has 0 saturated heterocycles. The fraction of sp³-hybridized carbons (Fsp3) is 0.923. The van der Waals surface area contributed by atoms with E-state index in [1.807, 2.05) is 0 Å². The molecule has 15 heteroatoms. The summed E-state index contributed by atoms with van der Waals surface area (Å²) >= 11 is 0. The maximum atomic E-state index is 14.3. The Balaban J connectivity index is 1.48. The molecule has 0 radical (unpaired) electrons. The Labute approximate surface area is 233 Å². The summed E-state index contributed by atoms with van der Waals surface area (Å²) in [6.07, 6.45) is 0.381. The van der Waals surface area contributed by atoms with Gasteiger partial charge in [0.1, 0.15) is 19.3 Å². The third kappa shape index (κ3) is 7.80. The molecule has 4 N–H and O–H groups in total. The molecular weight excluding hydrogens is 570 g/mol. The van der Waals surface area contributed by atoms with Gasteiger partial charge >= 0.3 is 29.7 Å². The van der Waals surface area contributed by atoms with Crippen LogP contribution in [0, 0.1) is 23.2 Å². The third-order valence-corrected chi connectivity index (χ3v) is 8.31. The van der Waals surface area contributed by atoms with E-state index >= 15 is 0 Å². The number of nitrogens with zero attached hydrogens (tertiary/aromatic N) is 1. The van der Waals surface area contributed by atoms with Gasteiger partial charge in [-0.3, -0.25) is 4.79 Å². The van der Waals surface area contributed by atoms with Crippen LogP contribution in [0.3, 0.4) is 0 Å². The highest BCUT2D eigenvalue weighted by Gasteiger charge is 2.80. The van der Waals surface area contributed by atoms with Crippen LogP contribution < -0.4 is 11.5 Å². The van der Waals surface area contributed by atoms with Crippen LogP contribution in [0.25, 0.3) is 0 Å². The summed E-state index contributed by atoms with van der Waals surface area (Å²) in [6, 6.07) is 0.903. The fourth-order valence-electron chi connectivity index (χ4n) is 5.53. The first-order valence-electron chi connectivity index (χ1n) is 13.9. The SMILES string of the molecule is N#CC1CCC(OC(=O)C2CCC(OCC(F)(F)C(F)(F)C(F)(F)C(F)(F)COC3CCC(N)CC3N)CC2)CC1. The Bertz CT molecular complexity index is 919. The highest BCUT2D eigenvalue weighted by molar-refractivity contribution is 5.72. The Morgan fingerprint density at radius 2 is 1.24 bits per heavy atom. The summed E-state index contributed by atoms with van der Waals surface area (Å²) in [5, 5.41) is 8.94. The van der Waals surface area contributed by atoms with E-state index in [1.165, 1.54) is 0 Å². The van der Waals surface area contributed by atoms with E-state index in [9.17, 15) is 39.9 Å². The zero-order valence-corrected chi connectivity index (χ0v) is 22.5. The van der Waals surface area contributed by atoms with Crippen molar-refractivity contribution in [2.24, 2.45) is 23.3 Å². The van der Waals surface area contributed by atoms with Crippen LogP contribution in [-0.2, 0) is 19.0 Å². The minimum absolute atomic E-state index is 0.0196.